The normalized spacial score (nSPS) is 10.2. The van der Waals surface area contributed by atoms with Crippen molar-refractivity contribution < 1.29 is 9.53 Å². The van der Waals surface area contributed by atoms with E-state index in [1.807, 2.05) is 24.3 Å². The predicted molar refractivity (Wildman–Crippen MR) is 62.6 cm³/mol. The van der Waals surface area contributed by atoms with E-state index in [2.05, 4.69) is 36.2 Å². The summed E-state index contributed by atoms with van der Waals surface area (Å²) in [5.41, 5.74) is 0.860. The number of carbonyl (C=O) groups is 1. The quantitative estimate of drug-likeness (QED) is 0.611. The molecule has 1 aromatic carbocycles. The number of halogens is 1. The van der Waals surface area contributed by atoms with E-state index in [4.69, 9.17) is 0 Å². The molecule has 2 aromatic rings. The van der Waals surface area contributed by atoms with E-state index in [-0.39, 0.29) is 6.61 Å². The number of rotatable bonds is 5. The van der Waals surface area contributed by atoms with E-state index in [1.165, 1.54) is 0 Å². The van der Waals surface area contributed by atoms with Crippen LogP contribution in [-0.2, 0) is 16.0 Å². The standard InChI is InChI=1S/C10H9BrN4O2/c11-8-1-3-9(4-2-8)15-10(12-13-14-15)5-6-17-7-16/h1-4,7H,5-6H2. The highest BCUT2D eigenvalue weighted by molar-refractivity contribution is 9.10. The van der Waals surface area contributed by atoms with Gasteiger partial charge in [0, 0.05) is 10.9 Å². The average Bonchev–Trinajstić information content (AvgIpc) is 2.79. The molecule has 1 heterocycles. The highest BCUT2D eigenvalue weighted by Gasteiger charge is 2.07. The molecular weight excluding hydrogens is 288 g/mol. The minimum atomic E-state index is 0.264. The summed E-state index contributed by atoms with van der Waals surface area (Å²) in [6.07, 6.45) is 0.474. The Morgan fingerprint density at radius 2 is 2.12 bits per heavy atom. The summed E-state index contributed by atoms with van der Waals surface area (Å²) in [4.78, 5) is 10.0. The van der Waals surface area contributed by atoms with Crippen LogP contribution in [0.25, 0.3) is 5.69 Å². The third-order valence-electron chi connectivity index (χ3n) is 2.12. The van der Waals surface area contributed by atoms with Crippen LogP contribution in [0.15, 0.2) is 28.7 Å². The van der Waals surface area contributed by atoms with Crippen LogP contribution < -0.4 is 0 Å². The zero-order chi connectivity index (χ0) is 12.1. The minimum absolute atomic E-state index is 0.264. The van der Waals surface area contributed by atoms with Gasteiger partial charge >= 0.3 is 0 Å². The third kappa shape index (κ3) is 2.88. The Bertz CT molecular complexity index is 497. The molecule has 0 unspecified atom stereocenters. The number of hydrogen-bond donors (Lipinski definition) is 0. The van der Waals surface area contributed by atoms with Gasteiger partial charge in [-0.1, -0.05) is 15.9 Å². The molecule has 7 heteroatoms. The molecule has 0 saturated heterocycles. The van der Waals surface area contributed by atoms with Gasteiger partial charge in [-0.05, 0) is 34.7 Å². The van der Waals surface area contributed by atoms with Crippen molar-refractivity contribution in [1.82, 2.24) is 20.2 Å². The monoisotopic (exact) mass is 296 g/mol. The molecule has 17 heavy (non-hydrogen) atoms. The highest BCUT2D eigenvalue weighted by Crippen LogP contribution is 2.14. The maximum absolute atomic E-state index is 10.0. The van der Waals surface area contributed by atoms with Crippen molar-refractivity contribution in [1.29, 1.82) is 0 Å². The summed E-state index contributed by atoms with van der Waals surface area (Å²) in [6, 6.07) is 7.60. The fourth-order valence-electron chi connectivity index (χ4n) is 1.34. The number of benzene rings is 1. The molecule has 0 fully saturated rings. The third-order valence-corrected chi connectivity index (χ3v) is 2.65. The first kappa shape index (κ1) is 11.7. The van der Waals surface area contributed by atoms with Gasteiger partial charge in [0.15, 0.2) is 5.82 Å². The number of carbonyl (C=O) groups excluding carboxylic acids is 1. The molecular formula is C10H9BrN4O2. The Balaban J connectivity index is 2.18. The van der Waals surface area contributed by atoms with E-state index in [0.29, 0.717) is 18.7 Å². The maximum atomic E-state index is 10.0. The molecule has 0 aliphatic carbocycles. The van der Waals surface area contributed by atoms with Crippen molar-refractivity contribution in [3.63, 3.8) is 0 Å². The Hall–Kier alpha value is -1.76. The predicted octanol–water partition coefficient (Wildman–Crippen LogP) is 1.14. The first-order valence-corrected chi connectivity index (χ1v) is 5.69. The van der Waals surface area contributed by atoms with Crippen molar-refractivity contribution >= 4 is 22.4 Å². The highest BCUT2D eigenvalue weighted by atomic mass is 79.9. The van der Waals surface area contributed by atoms with Gasteiger partial charge in [-0.2, -0.15) is 4.68 Å². The fourth-order valence-corrected chi connectivity index (χ4v) is 1.61. The zero-order valence-electron chi connectivity index (χ0n) is 8.78. The van der Waals surface area contributed by atoms with E-state index in [1.54, 1.807) is 4.68 Å². The van der Waals surface area contributed by atoms with Gasteiger partial charge in [-0.3, -0.25) is 4.79 Å². The lowest BCUT2D eigenvalue weighted by molar-refractivity contribution is -0.128. The summed E-state index contributed by atoms with van der Waals surface area (Å²) in [5.74, 6) is 0.647. The van der Waals surface area contributed by atoms with Crippen LogP contribution in [0.5, 0.6) is 0 Å². The largest absolute Gasteiger partial charge is 0.467 e. The molecule has 88 valence electrons. The number of hydrogen-bond acceptors (Lipinski definition) is 5. The van der Waals surface area contributed by atoms with Crippen LogP contribution in [-0.4, -0.2) is 33.3 Å². The van der Waals surface area contributed by atoms with Gasteiger partial charge in [0.2, 0.25) is 0 Å². The minimum Gasteiger partial charge on any atom is -0.467 e. The number of aromatic nitrogens is 4. The van der Waals surface area contributed by atoms with E-state index < -0.39 is 0 Å². The second kappa shape index (κ2) is 5.53. The van der Waals surface area contributed by atoms with Crippen LogP contribution in [0.4, 0.5) is 0 Å². The van der Waals surface area contributed by atoms with E-state index in [0.717, 1.165) is 10.2 Å². The Morgan fingerprint density at radius 3 is 2.82 bits per heavy atom. The van der Waals surface area contributed by atoms with Crippen LogP contribution in [0, 0.1) is 0 Å². The smallest absolute Gasteiger partial charge is 0.293 e. The zero-order valence-corrected chi connectivity index (χ0v) is 10.4. The van der Waals surface area contributed by atoms with Gasteiger partial charge in [0.25, 0.3) is 6.47 Å². The number of tetrazole rings is 1. The molecule has 1 aromatic heterocycles. The summed E-state index contributed by atoms with van der Waals surface area (Å²) in [6.45, 7) is 0.675. The molecule has 2 rings (SSSR count). The Labute approximate surface area is 106 Å². The first-order valence-electron chi connectivity index (χ1n) is 4.89. The Morgan fingerprint density at radius 1 is 1.35 bits per heavy atom. The van der Waals surface area contributed by atoms with Crippen molar-refractivity contribution in [2.45, 2.75) is 6.42 Å². The molecule has 0 N–H and O–H groups in total. The van der Waals surface area contributed by atoms with Gasteiger partial charge < -0.3 is 4.74 Å². The van der Waals surface area contributed by atoms with Crippen molar-refractivity contribution in [3.8, 4) is 5.69 Å². The molecule has 0 spiro atoms. The van der Waals surface area contributed by atoms with Crippen LogP contribution in [0.2, 0.25) is 0 Å². The summed E-state index contributed by atoms with van der Waals surface area (Å²) < 4.78 is 7.22. The van der Waals surface area contributed by atoms with Gasteiger partial charge in [-0.15, -0.1) is 5.10 Å². The molecule has 0 radical (unpaired) electrons. The molecule has 0 amide bonds. The maximum Gasteiger partial charge on any atom is 0.293 e. The lowest BCUT2D eigenvalue weighted by atomic mass is 10.3. The van der Waals surface area contributed by atoms with Crippen LogP contribution >= 0.6 is 15.9 Å². The summed E-state index contributed by atoms with van der Waals surface area (Å²) >= 11 is 3.36. The molecule has 0 atom stereocenters. The SMILES string of the molecule is O=COCCc1nnnn1-c1ccc(Br)cc1. The summed E-state index contributed by atoms with van der Waals surface area (Å²) in [5, 5.41) is 11.4. The second-order valence-electron chi connectivity index (χ2n) is 3.20. The lowest BCUT2D eigenvalue weighted by Gasteiger charge is -2.03. The number of ether oxygens (including phenoxy) is 1. The topological polar surface area (TPSA) is 69.9 Å². The molecule has 0 bridgehead atoms. The van der Waals surface area contributed by atoms with Gasteiger partial charge in [0.1, 0.15) is 0 Å². The number of nitrogens with zero attached hydrogens (tertiary/aromatic N) is 4. The molecule has 6 nitrogen and oxygen atoms in total. The van der Waals surface area contributed by atoms with Crippen LogP contribution in [0.3, 0.4) is 0 Å². The summed E-state index contributed by atoms with van der Waals surface area (Å²) in [7, 11) is 0. The average molecular weight is 297 g/mol. The Kier molecular flexibility index (Phi) is 3.81. The molecule has 0 saturated carbocycles. The van der Waals surface area contributed by atoms with Crippen LogP contribution in [0.1, 0.15) is 5.82 Å². The van der Waals surface area contributed by atoms with Crippen molar-refractivity contribution in [3.05, 3.63) is 34.6 Å². The van der Waals surface area contributed by atoms with Crippen molar-refractivity contribution in [2.75, 3.05) is 6.61 Å². The van der Waals surface area contributed by atoms with Gasteiger partial charge in [0.05, 0.1) is 12.3 Å². The molecule has 0 aliphatic rings. The first-order chi connectivity index (χ1) is 8.31. The molecule has 0 aliphatic heterocycles. The lowest BCUT2D eigenvalue weighted by Crippen LogP contribution is -2.06. The van der Waals surface area contributed by atoms with E-state index >= 15 is 0 Å². The fraction of sp³-hybridized carbons (Fsp3) is 0.200. The van der Waals surface area contributed by atoms with Gasteiger partial charge in [-0.25, -0.2) is 0 Å². The second-order valence-corrected chi connectivity index (χ2v) is 4.12. The van der Waals surface area contributed by atoms with Crippen molar-refractivity contribution in [2.24, 2.45) is 0 Å². The van der Waals surface area contributed by atoms with E-state index in [9.17, 15) is 4.79 Å².